The minimum Gasteiger partial charge on any atom is -0.364 e. The monoisotopic (exact) mass is 623 g/mol. The zero-order valence-electron chi connectivity index (χ0n) is 25.3. The Morgan fingerprint density at radius 3 is 2.30 bits per heavy atom. The van der Waals surface area contributed by atoms with Gasteiger partial charge in [0.15, 0.2) is 5.69 Å². The summed E-state index contributed by atoms with van der Waals surface area (Å²) in [4.78, 5) is 34.7. The predicted molar refractivity (Wildman–Crippen MR) is 178 cm³/mol. The van der Waals surface area contributed by atoms with Crippen LogP contribution >= 0.6 is 0 Å². The zero-order chi connectivity index (χ0) is 32.1. The highest BCUT2D eigenvalue weighted by molar-refractivity contribution is 6.14. The van der Waals surface area contributed by atoms with E-state index in [0.717, 1.165) is 69.7 Å². The van der Waals surface area contributed by atoms with Crippen molar-refractivity contribution in [3.63, 3.8) is 0 Å². The average molecular weight is 624 g/mol. The lowest BCUT2D eigenvalue weighted by Gasteiger charge is -2.31. The van der Waals surface area contributed by atoms with E-state index in [1.54, 1.807) is 41.3 Å². The molecule has 1 saturated carbocycles. The molecule has 7 aromatic rings. The lowest BCUT2D eigenvalue weighted by Crippen LogP contribution is -2.38. The van der Waals surface area contributed by atoms with Gasteiger partial charge in [0.1, 0.15) is 17.2 Å². The Labute approximate surface area is 268 Å². The van der Waals surface area contributed by atoms with Crippen molar-refractivity contribution in [2.45, 2.75) is 37.8 Å². The molecule has 0 saturated heterocycles. The van der Waals surface area contributed by atoms with Gasteiger partial charge in [0.05, 0.1) is 11.0 Å². The Balaban J connectivity index is 1.09. The Hall–Kier alpha value is -5.90. The summed E-state index contributed by atoms with van der Waals surface area (Å²) in [7, 11) is 0. The minimum absolute atomic E-state index is 0.0392. The van der Waals surface area contributed by atoms with E-state index in [0.29, 0.717) is 11.4 Å². The number of primary amides is 1. The number of carbonyl (C=O) groups is 2. The van der Waals surface area contributed by atoms with Crippen LogP contribution in [0.15, 0.2) is 104 Å². The lowest BCUT2D eigenvalue weighted by molar-refractivity contribution is 0.0914. The van der Waals surface area contributed by atoms with Crippen LogP contribution in [0.5, 0.6) is 0 Å². The van der Waals surface area contributed by atoms with E-state index < -0.39 is 5.91 Å². The summed E-state index contributed by atoms with van der Waals surface area (Å²) in [5, 5.41) is 10.2. The third-order valence-electron chi connectivity index (χ3n) is 9.23. The molecule has 5 heterocycles. The van der Waals surface area contributed by atoms with Gasteiger partial charge in [-0.2, -0.15) is 5.10 Å². The molecule has 2 aromatic carbocycles. The third-order valence-corrected chi connectivity index (χ3v) is 9.23. The van der Waals surface area contributed by atoms with E-state index in [2.05, 4.69) is 32.0 Å². The number of fused-ring (bicyclic) bond motifs is 4. The molecule has 3 N–H and O–H groups in total. The number of para-hydroxylation sites is 1. The molecule has 0 aliphatic heterocycles. The molecule has 1 aliphatic carbocycles. The number of carbonyl (C=O) groups excluding carboxylic acids is 2. The molecule has 0 spiro atoms. The van der Waals surface area contributed by atoms with E-state index in [-0.39, 0.29) is 29.5 Å². The van der Waals surface area contributed by atoms with E-state index in [4.69, 9.17) is 10.8 Å². The van der Waals surface area contributed by atoms with Gasteiger partial charge >= 0.3 is 0 Å². The summed E-state index contributed by atoms with van der Waals surface area (Å²) in [6.07, 6.45) is 8.19. The Morgan fingerprint density at radius 2 is 1.53 bits per heavy atom. The minimum atomic E-state index is -0.553. The van der Waals surface area contributed by atoms with Gasteiger partial charge in [0.25, 0.3) is 11.8 Å². The normalized spacial score (nSPS) is 16.5. The number of nitrogens with zero attached hydrogens (tertiary/aromatic N) is 5. The summed E-state index contributed by atoms with van der Waals surface area (Å²) >= 11 is 0. The first-order chi connectivity index (χ1) is 23.0. The maximum Gasteiger partial charge on any atom is 0.270 e. The SMILES string of the molecule is NC(=O)c1nccc2c3ccccc3n([C@H]3CC[C@H](NC(=O)c4cccc5c(-c6ccncc6)c(-c6ccc(F)cc6)nn45)CC3)c12. The van der Waals surface area contributed by atoms with Gasteiger partial charge in [0, 0.05) is 58.1 Å². The van der Waals surface area contributed by atoms with Crippen LogP contribution in [0, 0.1) is 5.82 Å². The molecule has 5 aromatic heterocycles. The summed E-state index contributed by atoms with van der Waals surface area (Å²) in [6.45, 7) is 0. The molecule has 10 heteroatoms. The molecule has 8 rings (SSSR count). The second kappa shape index (κ2) is 11.5. The van der Waals surface area contributed by atoms with Crippen molar-refractivity contribution in [3.8, 4) is 22.4 Å². The van der Waals surface area contributed by atoms with Crippen molar-refractivity contribution in [2.75, 3.05) is 0 Å². The van der Waals surface area contributed by atoms with Crippen molar-refractivity contribution in [1.29, 1.82) is 0 Å². The van der Waals surface area contributed by atoms with Crippen LogP contribution in [0.2, 0.25) is 0 Å². The molecule has 1 fully saturated rings. The number of nitrogens with one attached hydrogen (secondary N) is 1. The lowest BCUT2D eigenvalue weighted by atomic mass is 9.90. The van der Waals surface area contributed by atoms with E-state index in [1.807, 2.05) is 42.5 Å². The second-order valence-corrected chi connectivity index (χ2v) is 12.0. The van der Waals surface area contributed by atoms with Crippen molar-refractivity contribution < 1.29 is 14.0 Å². The molecule has 0 atom stereocenters. The molecule has 47 heavy (non-hydrogen) atoms. The van der Waals surface area contributed by atoms with E-state index in [1.165, 1.54) is 12.1 Å². The van der Waals surface area contributed by atoms with Crippen LogP contribution in [0.1, 0.15) is 52.7 Å². The van der Waals surface area contributed by atoms with Gasteiger partial charge in [-0.15, -0.1) is 0 Å². The highest BCUT2D eigenvalue weighted by Crippen LogP contribution is 2.39. The smallest absolute Gasteiger partial charge is 0.270 e. The molecular formula is C37H30FN7O2. The maximum atomic E-state index is 13.8. The van der Waals surface area contributed by atoms with Gasteiger partial charge in [0.2, 0.25) is 0 Å². The number of aromatic nitrogens is 5. The largest absolute Gasteiger partial charge is 0.364 e. The Morgan fingerprint density at radius 1 is 0.787 bits per heavy atom. The number of hydrogen-bond acceptors (Lipinski definition) is 5. The maximum absolute atomic E-state index is 13.8. The number of nitrogens with two attached hydrogens (primary N) is 1. The molecule has 1 aliphatic rings. The molecule has 0 unspecified atom stereocenters. The third kappa shape index (κ3) is 4.89. The number of rotatable bonds is 6. The summed E-state index contributed by atoms with van der Waals surface area (Å²) < 4.78 is 17.7. The van der Waals surface area contributed by atoms with E-state index in [9.17, 15) is 14.0 Å². The van der Waals surface area contributed by atoms with Crippen LogP contribution in [0.25, 0.3) is 49.7 Å². The number of hydrogen-bond donors (Lipinski definition) is 2. The summed E-state index contributed by atoms with van der Waals surface area (Å²) in [5.74, 6) is -1.10. The fraction of sp³-hybridized carbons (Fsp3) is 0.162. The zero-order valence-corrected chi connectivity index (χ0v) is 25.3. The van der Waals surface area contributed by atoms with Gasteiger partial charge in [-0.1, -0.05) is 24.3 Å². The predicted octanol–water partition coefficient (Wildman–Crippen LogP) is 6.72. The summed E-state index contributed by atoms with van der Waals surface area (Å²) in [5.41, 5.74) is 12.1. The van der Waals surface area contributed by atoms with Crippen molar-refractivity contribution in [2.24, 2.45) is 5.73 Å². The van der Waals surface area contributed by atoms with Crippen LogP contribution < -0.4 is 11.1 Å². The van der Waals surface area contributed by atoms with Gasteiger partial charge in [-0.3, -0.25) is 14.6 Å². The van der Waals surface area contributed by atoms with Crippen LogP contribution in [-0.2, 0) is 0 Å². The fourth-order valence-electron chi connectivity index (χ4n) is 7.10. The van der Waals surface area contributed by atoms with E-state index >= 15 is 0 Å². The molecule has 2 amide bonds. The molecule has 0 bridgehead atoms. The van der Waals surface area contributed by atoms with Gasteiger partial charge in [-0.05, 0) is 91.9 Å². The molecule has 232 valence electrons. The molecule has 9 nitrogen and oxygen atoms in total. The van der Waals surface area contributed by atoms with Gasteiger partial charge < -0.3 is 15.6 Å². The first-order valence-corrected chi connectivity index (χ1v) is 15.6. The second-order valence-electron chi connectivity index (χ2n) is 12.0. The van der Waals surface area contributed by atoms with Crippen LogP contribution in [-0.4, -0.2) is 42.0 Å². The Kier molecular flexibility index (Phi) is 6.97. The number of halogens is 1. The molecular weight excluding hydrogens is 593 g/mol. The first-order valence-electron chi connectivity index (χ1n) is 15.6. The van der Waals surface area contributed by atoms with Crippen molar-refractivity contribution >= 4 is 39.1 Å². The average Bonchev–Trinajstić information content (AvgIpc) is 3.66. The van der Waals surface area contributed by atoms with Crippen molar-refractivity contribution in [3.05, 3.63) is 121 Å². The number of benzene rings is 2. The quantitative estimate of drug-likeness (QED) is 0.213. The standard InChI is InChI=1S/C37H30FN7O2/c38-24-10-8-23(9-11-24)33-32(22-16-19-40-20-17-22)30-6-3-7-31(45(30)43-33)37(47)42-25-12-14-26(15-13-25)44-29-5-2-1-4-27(29)28-18-21-41-34(35(28)44)36(39)46/h1-11,16-21,25-26H,12-15H2,(H2,39,46)(H,42,47)/t25-,26-. The topological polar surface area (TPSA) is 120 Å². The number of pyridine rings is 3. The fourth-order valence-corrected chi connectivity index (χ4v) is 7.10. The summed E-state index contributed by atoms with van der Waals surface area (Å²) in [6, 6.07) is 25.7. The Bertz CT molecular complexity index is 2300. The van der Waals surface area contributed by atoms with Crippen molar-refractivity contribution in [1.82, 2.24) is 29.5 Å². The van der Waals surface area contributed by atoms with Crippen LogP contribution in [0.4, 0.5) is 4.39 Å². The van der Waals surface area contributed by atoms with Crippen LogP contribution in [0.3, 0.4) is 0 Å². The molecule has 0 radical (unpaired) electrons. The highest BCUT2D eigenvalue weighted by Gasteiger charge is 2.29. The highest BCUT2D eigenvalue weighted by atomic mass is 19.1. The van der Waals surface area contributed by atoms with Gasteiger partial charge in [-0.25, -0.2) is 13.9 Å². The number of amides is 2. The first kappa shape index (κ1) is 28.6.